The van der Waals surface area contributed by atoms with Gasteiger partial charge in [-0.25, -0.2) is 4.98 Å². The molecular weight excluding hydrogens is 433 g/mol. The van der Waals surface area contributed by atoms with Crippen molar-refractivity contribution >= 4 is 41.3 Å². The Balaban J connectivity index is 0.00000529. The normalized spacial score (nSPS) is 13.3. The van der Waals surface area contributed by atoms with Gasteiger partial charge >= 0.3 is 0 Å². The standard InChI is InChI=1S/C17H33N5S.HI/c1-12(2)8-14(22(6)7)9-19-17(18-5)20-10-16-21-15(11-23-16)13(3)4;/h11-14H,8-10H2,1-7H3,(H2,18,19,20);1H. The van der Waals surface area contributed by atoms with Crippen LogP contribution in [0.5, 0.6) is 0 Å². The van der Waals surface area contributed by atoms with Crippen LogP contribution in [-0.2, 0) is 6.54 Å². The van der Waals surface area contributed by atoms with Crippen molar-refractivity contribution in [3.63, 3.8) is 0 Å². The first-order valence-corrected chi connectivity index (χ1v) is 9.26. The molecule has 0 bridgehead atoms. The summed E-state index contributed by atoms with van der Waals surface area (Å²) in [7, 11) is 6.08. The number of nitrogens with zero attached hydrogens (tertiary/aromatic N) is 3. The molecule has 0 radical (unpaired) electrons. The summed E-state index contributed by atoms with van der Waals surface area (Å²) >= 11 is 1.70. The average Bonchev–Trinajstić information content (AvgIpc) is 2.94. The van der Waals surface area contributed by atoms with Crippen LogP contribution in [0.2, 0.25) is 0 Å². The minimum Gasteiger partial charge on any atom is -0.355 e. The zero-order valence-electron chi connectivity index (χ0n) is 16.1. The first-order chi connectivity index (χ1) is 10.8. The van der Waals surface area contributed by atoms with Crippen molar-refractivity contribution in [3.05, 3.63) is 16.1 Å². The number of hydrogen-bond donors (Lipinski definition) is 2. The smallest absolute Gasteiger partial charge is 0.191 e. The number of halogens is 1. The molecule has 5 nitrogen and oxygen atoms in total. The van der Waals surface area contributed by atoms with Gasteiger partial charge in [0.2, 0.25) is 0 Å². The van der Waals surface area contributed by atoms with Crippen LogP contribution in [0.4, 0.5) is 0 Å². The summed E-state index contributed by atoms with van der Waals surface area (Å²) in [4.78, 5) is 11.2. The highest BCUT2D eigenvalue weighted by Gasteiger charge is 2.14. The molecule has 1 heterocycles. The Labute approximate surface area is 168 Å². The number of aromatic nitrogens is 1. The molecule has 1 unspecified atom stereocenters. The van der Waals surface area contributed by atoms with Gasteiger partial charge in [-0.1, -0.05) is 27.7 Å². The lowest BCUT2D eigenvalue weighted by Gasteiger charge is -2.27. The van der Waals surface area contributed by atoms with E-state index >= 15 is 0 Å². The van der Waals surface area contributed by atoms with Crippen LogP contribution in [-0.4, -0.2) is 49.6 Å². The molecule has 0 aromatic carbocycles. The summed E-state index contributed by atoms with van der Waals surface area (Å²) < 4.78 is 0. The van der Waals surface area contributed by atoms with E-state index in [2.05, 4.69) is 72.7 Å². The van der Waals surface area contributed by atoms with E-state index in [1.54, 1.807) is 11.3 Å². The van der Waals surface area contributed by atoms with Gasteiger partial charge in [0.25, 0.3) is 0 Å². The highest BCUT2D eigenvalue weighted by molar-refractivity contribution is 14.0. The first kappa shape index (κ1) is 23.6. The zero-order chi connectivity index (χ0) is 17.4. The van der Waals surface area contributed by atoms with E-state index in [4.69, 9.17) is 0 Å². The van der Waals surface area contributed by atoms with Crippen LogP contribution in [0.15, 0.2) is 10.4 Å². The monoisotopic (exact) mass is 467 g/mol. The molecule has 0 saturated carbocycles. The molecule has 2 N–H and O–H groups in total. The topological polar surface area (TPSA) is 52.6 Å². The van der Waals surface area contributed by atoms with E-state index < -0.39 is 0 Å². The lowest BCUT2D eigenvalue weighted by molar-refractivity contribution is 0.254. The summed E-state index contributed by atoms with van der Waals surface area (Å²) in [5.74, 6) is 2.00. The van der Waals surface area contributed by atoms with Crippen molar-refractivity contribution in [2.45, 2.75) is 52.6 Å². The molecule has 0 aliphatic rings. The van der Waals surface area contributed by atoms with Gasteiger partial charge in [-0.2, -0.15) is 0 Å². The Morgan fingerprint density at radius 2 is 1.92 bits per heavy atom. The predicted molar refractivity (Wildman–Crippen MR) is 117 cm³/mol. The SMILES string of the molecule is CN=C(NCc1nc(C(C)C)cs1)NCC(CC(C)C)N(C)C.I. The molecule has 0 aliphatic carbocycles. The van der Waals surface area contributed by atoms with E-state index in [0.717, 1.165) is 17.5 Å². The summed E-state index contributed by atoms with van der Waals surface area (Å²) in [5.41, 5.74) is 1.17. The number of likely N-dealkylation sites (N-methyl/N-ethyl adjacent to an activating group) is 1. The van der Waals surface area contributed by atoms with Crippen molar-refractivity contribution in [2.75, 3.05) is 27.7 Å². The van der Waals surface area contributed by atoms with E-state index in [9.17, 15) is 0 Å². The Bertz CT molecular complexity index is 485. The molecule has 140 valence electrons. The quantitative estimate of drug-likeness (QED) is 0.349. The van der Waals surface area contributed by atoms with Crippen LogP contribution < -0.4 is 10.6 Å². The number of rotatable bonds is 8. The third kappa shape index (κ3) is 8.62. The van der Waals surface area contributed by atoms with Crippen LogP contribution in [0, 0.1) is 5.92 Å². The zero-order valence-corrected chi connectivity index (χ0v) is 19.2. The minimum atomic E-state index is 0. The molecule has 1 aromatic heterocycles. The van der Waals surface area contributed by atoms with E-state index in [-0.39, 0.29) is 24.0 Å². The van der Waals surface area contributed by atoms with E-state index in [0.29, 0.717) is 24.4 Å². The fourth-order valence-corrected chi connectivity index (χ4v) is 3.18. The van der Waals surface area contributed by atoms with Crippen LogP contribution in [0.3, 0.4) is 0 Å². The summed E-state index contributed by atoms with van der Waals surface area (Å²) in [5, 5.41) is 10.0. The largest absolute Gasteiger partial charge is 0.355 e. The Kier molecular flexibility index (Phi) is 11.8. The Morgan fingerprint density at radius 3 is 2.38 bits per heavy atom. The molecule has 1 rings (SSSR count). The van der Waals surface area contributed by atoms with Gasteiger partial charge < -0.3 is 15.5 Å². The predicted octanol–water partition coefficient (Wildman–Crippen LogP) is 3.53. The number of nitrogens with one attached hydrogen (secondary N) is 2. The van der Waals surface area contributed by atoms with Gasteiger partial charge in [-0.15, -0.1) is 35.3 Å². The van der Waals surface area contributed by atoms with E-state index in [1.165, 1.54) is 12.1 Å². The van der Waals surface area contributed by atoms with Crippen molar-refractivity contribution in [1.29, 1.82) is 0 Å². The molecular formula is C17H34IN5S. The number of hydrogen-bond acceptors (Lipinski definition) is 4. The lowest BCUT2D eigenvalue weighted by atomic mass is 10.0. The van der Waals surface area contributed by atoms with Crippen molar-refractivity contribution in [1.82, 2.24) is 20.5 Å². The van der Waals surface area contributed by atoms with Gasteiger partial charge in [0.15, 0.2) is 5.96 Å². The minimum absolute atomic E-state index is 0. The summed E-state index contributed by atoms with van der Waals surface area (Å²) in [6.07, 6.45) is 1.17. The summed E-state index contributed by atoms with van der Waals surface area (Å²) in [6, 6.07) is 0.501. The molecule has 1 aromatic rings. The van der Waals surface area contributed by atoms with Crippen molar-refractivity contribution < 1.29 is 0 Å². The fourth-order valence-electron chi connectivity index (χ4n) is 2.29. The van der Waals surface area contributed by atoms with Gasteiger partial charge in [0, 0.05) is 25.0 Å². The van der Waals surface area contributed by atoms with Gasteiger partial charge in [0.1, 0.15) is 5.01 Å². The maximum atomic E-state index is 4.64. The maximum Gasteiger partial charge on any atom is 0.191 e. The Morgan fingerprint density at radius 1 is 1.25 bits per heavy atom. The van der Waals surface area contributed by atoms with Crippen molar-refractivity contribution in [3.8, 4) is 0 Å². The number of guanidine groups is 1. The van der Waals surface area contributed by atoms with Crippen LogP contribution >= 0.6 is 35.3 Å². The summed E-state index contributed by atoms with van der Waals surface area (Å²) in [6.45, 7) is 10.5. The fraction of sp³-hybridized carbons (Fsp3) is 0.765. The highest BCUT2D eigenvalue weighted by Crippen LogP contribution is 2.17. The van der Waals surface area contributed by atoms with Gasteiger partial charge in [-0.3, -0.25) is 4.99 Å². The molecule has 1 atom stereocenters. The third-order valence-electron chi connectivity index (χ3n) is 3.77. The third-order valence-corrected chi connectivity index (χ3v) is 4.64. The number of aliphatic imine (C=N–C) groups is 1. The van der Waals surface area contributed by atoms with Crippen LogP contribution in [0.25, 0.3) is 0 Å². The second-order valence-electron chi connectivity index (χ2n) is 6.87. The highest BCUT2D eigenvalue weighted by atomic mass is 127. The average molecular weight is 467 g/mol. The van der Waals surface area contributed by atoms with Gasteiger partial charge in [0.05, 0.1) is 12.2 Å². The second-order valence-corrected chi connectivity index (χ2v) is 7.82. The molecule has 0 amide bonds. The second kappa shape index (κ2) is 12.0. The molecule has 0 spiro atoms. The number of thiazole rings is 1. The maximum absolute atomic E-state index is 4.64. The molecule has 0 saturated heterocycles. The van der Waals surface area contributed by atoms with Crippen LogP contribution in [0.1, 0.15) is 50.7 Å². The molecule has 24 heavy (non-hydrogen) atoms. The molecule has 0 fully saturated rings. The molecule has 0 aliphatic heterocycles. The van der Waals surface area contributed by atoms with Crippen molar-refractivity contribution in [2.24, 2.45) is 10.9 Å². The first-order valence-electron chi connectivity index (χ1n) is 8.38. The van der Waals surface area contributed by atoms with Gasteiger partial charge in [-0.05, 0) is 32.4 Å². The Hall–Kier alpha value is -0.410. The molecule has 7 heteroatoms. The van der Waals surface area contributed by atoms with E-state index in [1.807, 2.05) is 7.05 Å². The lowest BCUT2D eigenvalue weighted by Crippen LogP contribution is -2.45.